The summed E-state index contributed by atoms with van der Waals surface area (Å²) >= 11 is 0. The molecule has 0 aromatic heterocycles. The van der Waals surface area contributed by atoms with E-state index in [0.29, 0.717) is 17.4 Å². The molecule has 2 aliphatic heterocycles. The van der Waals surface area contributed by atoms with E-state index in [1.165, 1.54) is 24.1 Å². The van der Waals surface area contributed by atoms with Gasteiger partial charge in [0, 0.05) is 44.3 Å². The van der Waals surface area contributed by atoms with Crippen molar-refractivity contribution in [3.05, 3.63) is 42.0 Å². The zero-order valence-electron chi connectivity index (χ0n) is 18.6. The normalized spacial score (nSPS) is 35.8. The lowest BCUT2D eigenvalue weighted by Crippen LogP contribution is -2.50. The van der Waals surface area contributed by atoms with Gasteiger partial charge >= 0.3 is 5.97 Å². The van der Waals surface area contributed by atoms with Crippen LogP contribution in [0, 0.1) is 34.5 Å². The van der Waals surface area contributed by atoms with Crippen LogP contribution < -0.4 is 4.90 Å². The van der Waals surface area contributed by atoms with E-state index < -0.39 is 0 Å². The van der Waals surface area contributed by atoms with E-state index in [-0.39, 0.29) is 23.4 Å². The minimum absolute atomic E-state index is 0.00531. The van der Waals surface area contributed by atoms with E-state index in [0.717, 1.165) is 52.0 Å². The standard InChI is InChI=1S/C26H33N3O2/c1-18-4-3-9-26(2)15-24-21(14-23(18)26)22(25(30)31-24)17-28-10-12-29(13-11-28)20-7-5-19(16-27)6-8-20/h5-8,21-24H,1,3-4,9-15,17H2,2H3/t21-,22+,23+,24+,26+/m0/s1. The summed E-state index contributed by atoms with van der Waals surface area (Å²) in [6, 6.07) is 10.0. The molecule has 5 rings (SSSR count). The lowest BCUT2D eigenvalue weighted by Gasteiger charge is -2.50. The van der Waals surface area contributed by atoms with Crippen LogP contribution in [0.5, 0.6) is 0 Å². The van der Waals surface area contributed by atoms with E-state index in [1.807, 2.05) is 24.3 Å². The third-order valence-corrected chi connectivity index (χ3v) is 8.51. The average molecular weight is 420 g/mol. The summed E-state index contributed by atoms with van der Waals surface area (Å²) in [5, 5.41) is 8.99. The number of benzene rings is 1. The molecule has 164 valence electrons. The first kappa shape index (κ1) is 20.6. The fourth-order valence-corrected chi connectivity index (χ4v) is 6.68. The maximum absolute atomic E-state index is 12.8. The zero-order valence-corrected chi connectivity index (χ0v) is 18.6. The van der Waals surface area contributed by atoms with Crippen molar-refractivity contribution in [1.29, 1.82) is 5.26 Å². The fraction of sp³-hybridized carbons (Fsp3) is 0.615. The molecule has 0 amide bonds. The molecule has 0 spiro atoms. The number of piperazine rings is 1. The number of rotatable bonds is 3. The van der Waals surface area contributed by atoms with Crippen LogP contribution in [-0.2, 0) is 9.53 Å². The monoisotopic (exact) mass is 419 g/mol. The molecule has 2 heterocycles. The first-order valence-electron chi connectivity index (χ1n) is 11.8. The van der Waals surface area contributed by atoms with Crippen LogP contribution in [0.3, 0.4) is 0 Å². The third kappa shape index (κ3) is 3.76. The molecule has 0 N–H and O–H groups in total. The second-order valence-electron chi connectivity index (χ2n) is 10.4. The van der Waals surface area contributed by atoms with Crippen molar-refractivity contribution in [3.63, 3.8) is 0 Å². The molecule has 0 radical (unpaired) electrons. The van der Waals surface area contributed by atoms with Gasteiger partial charge in [-0.15, -0.1) is 0 Å². The lowest BCUT2D eigenvalue weighted by atomic mass is 9.55. The van der Waals surface area contributed by atoms with Crippen LogP contribution in [0.25, 0.3) is 0 Å². The molecule has 31 heavy (non-hydrogen) atoms. The van der Waals surface area contributed by atoms with Crippen LogP contribution in [0.1, 0.15) is 44.6 Å². The number of esters is 1. The Hall–Kier alpha value is -2.32. The van der Waals surface area contributed by atoms with E-state index in [4.69, 9.17) is 10.00 Å². The average Bonchev–Trinajstić information content (AvgIpc) is 3.06. The number of nitriles is 1. The van der Waals surface area contributed by atoms with Crippen molar-refractivity contribution in [1.82, 2.24) is 4.90 Å². The first-order valence-corrected chi connectivity index (χ1v) is 11.8. The summed E-state index contributed by atoms with van der Waals surface area (Å²) in [6.07, 6.45) is 5.79. The van der Waals surface area contributed by atoms with E-state index >= 15 is 0 Å². The molecule has 2 saturated carbocycles. The number of fused-ring (bicyclic) bond motifs is 2. The van der Waals surface area contributed by atoms with Crippen molar-refractivity contribution >= 4 is 11.7 Å². The highest BCUT2D eigenvalue weighted by Gasteiger charge is 2.55. The number of hydrogen-bond acceptors (Lipinski definition) is 5. The van der Waals surface area contributed by atoms with E-state index in [1.54, 1.807) is 0 Å². The van der Waals surface area contributed by atoms with E-state index in [9.17, 15) is 4.79 Å². The SMILES string of the molecule is C=C1CCC[C@]2(C)C[C@H]3OC(=O)[C@H](CN4CCN(c5ccc(C#N)cc5)CC4)[C@@H]3C[C@H]12. The van der Waals surface area contributed by atoms with Crippen LogP contribution in [0.2, 0.25) is 0 Å². The largest absolute Gasteiger partial charge is 0.462 e. The molecule has 2 saturated heterocycles. The zero-order chi connectivity index (χ0) is 21.6. The smallest absolute Gasteiger partial charge is 0.310 e. The Bertz CT molecular complexity index is 896. The summed E-state index contributed by atoms with van der Waals surface area (Å²) in [5.41, 5.74) is 3.53. The van der Waals surface area contributed by atoms with Crippen LogP contribution >= 0.6 is 0 Å². The van der Waals surface area contributed by atoms with E-state index in [2.05, 4.69) is 29.4 Å². The predicted octanol–water partition coefficient (Wildman–Crippen LogP) is 3.99. The topological polar surface area (TPSA) is 56.6 Å². The molecule has 5 nitrogen and oxygen atoms in total. The van der Waals surface area contributed by atoms with Gasteiger partial charge in [0.2, 0.25) is 0 Å². The summed E-state index contributed by atoms with van der Waals surface area (Å²) in [5.74, 6) is 0.924. The van der Waals surface area contributed by atoms with Gasteiger partial charge in [-0.3, -0.25) is 9.69 Å². The Balaban J connectivity index is 1.21. The lowest BCUT2D eigenvalue weighted by molar-refractivity contribution is -0.146. The molecule has 0 unspecified atom stereocenters. The molecule has 2 aliphatic carbocycles. The van der Waals surface area contributed by atoms with Gasteiger partial charge in [0.25, 0.3) is 0 Å². The molecule has 0 bridgehead atoms. The highest BCUT2D eigenvalue weighted by molar-refractivity contribution is 5.75. The highest BCUT2D eigenvalue weighted by Crippen LogP contribution is 2.56. The van der Waals surface area contributed by atoms with Gasteiger partial charge in [-0.25, -0.2) is 0 Å². The molecule has 1 aromatic carbocycles. The maximum atomic E-state index is 12.8. The van der Waals surface area contributed by atoms with Gasteiger partial charge < -0.3 is 9.64 Å². The van der Waals surface area contributed by atoms with Crippen molar-refractivity contribution in [3.8, 4) is 6.07 Å². The number of nitrogens with zero attached hydrogens (tertiary/aromatic N) is 3. The fourth-order valence-electron chi connectivity index (χ4n) is 6.68. The Labute approximate surface area is 185 Å². The third-order valence-electron chi connectivity index (χ3n) is 8.51. The quantitative estimate of drug-likeness (QED) is 0.548. The van der Waals surface area contributed by atoms with Gasteiger partial charge in [-0.2, -0.15) is 5.26 Å². The maximum Gasteiger partial charge on any atom is 0.310 e. The second-order valence-corrected chi connectivity index (χ2v) is 10.4. The minimum atomic E-state index is 0.00531. The summed E-state index contributed by atoms with van der Waals surface area (Å²) in [6.45, 7) is 11.4. The number of anilines is 1. The molecular weight excluding hydrogens is 386 g/mol. The number of carbonyl (C=O) groups excluding carboxylic acids is 1. The van der Waals surface area contributed by atoms with Crippen LogP contribution in [0.4, 0.5) is 5.69 Å². The summed E-state index contributed by atoms with van der Waals surface area (Å²) in [4.78, 5) is 17.7. The highest BCUT2D eigenvalue weighted by atomic mass is 16.6. The molecule has 4 fully saturated rings. The first-order chi connectivity index (χ1) is 15.0. The van der Waals surface area contributed by atoms with Crippen molar-refractivity contribution in [2.45, 2.75) is 45.1 Å². The number of carbonyl (C=O) groups is 1. The Morgan fingerprint density at radius 1 is 1.23 bits per heavy atom. The van der Waals surface area contributed by atoms with Crippen LogP contribution in [-0.4, -0.2) is 49.7 Å². The molecule has 4 aliphatic rings. The van der Waals surface area contributed by atoms with Gasteiger partial charge in [-0.05, 0) is 67.7 Å². The molecule has 5 atom stereocenters. The van der Waals surface area contributed by atoms with Gasteiger partial charge in [0.05, 0.1) is 17.6 Å². The molecular formula is C26H33N3O2. The summed E-state index contributed by atoms with van der Waals surface area (Å²) < 4.78 is 5.95. The van der Waals surface area contributed by atoms with Gasteiger partial charge in [0.15, 0.2) is 0 Å². The Morgan fingerprint density at radius 3 is 2.68 bits per heavy atom. The van der Waals surface area contributed by atoms with Crippen LogP contribution in [0.15, 0.2) is 36.4 Å². The number of hydrogen-bond donors (Lipinski definition) is 0. The predicted molar refractivity (Wildman–Crippen MR) is 120 cm³/mol. The second kappa shape index (κ2) is 7.98. The Kier molecular flexibility index (Phi) is 5.30. The van der Waals surface area contributed by atoms with Crippen molar-refractivity contribution in [2.75, 3.05) is 37.6 Å². The van der Waals surface area contributed by atoms with Crippen molar-refractivity contribution < 1.29 is 9.53 Å². The minimum Gasteiger partial charge on any atom is -0.462 e. The number of ether oxygens (including phenoxy) is 1. The summed E-state index contributed by atoms with van der Waals surface area (Å²) in [7, 11) is 0. The molecule has 1 aromatic rings. The van der Waals surface area contributed by atoms with Gasteiger partial charge in [0.1, 0.15) is 6.10 Å². The van der Waals surface area contributed by atoms with Crippen molar-refractivity contribution in [2.24, 2.45) is 23.2 Å². The Morgan fingerprint density at radius 2 is 1.97 bits per heavy atom. The van der Waals surface area contributed by atoms with Gasteiger partial charge in [-0.1, -0.05) is 19.1 Å². The number of allylic oxidation sites excluding steroid dienone is 1. The molecule has 5 heteroatoms.